The van der Waals surface area contributed by atoms with E-state index in [9.17, 15) is 0 Å². The molecule has 0 aliphatic carbocycles. The second-order valence-electron chi connectivity index (χ2n) is 16.6. The molecule has 3 aromatic carbocycles. The van der Waals surface area contributed by atoms with E-state index in [0.717, 1.165) is 15.9 Å². The Kier molecular flexibility index (Phi) is 10.5. The Morgan fingerprint density at radius 3 is 1.73 bits per heavy atom. The highest BCUT2D eigenvalue weighted by molar-refractivity contribution is 7.92. The summed E-state index contributed by atoms with van der Waals surface area (Å²) in [5.74, 6) is 0.438. The van der Waals surface area contributed by atoms with Gasteiger partial charge in [-0.3, -0.25) is 4.57 Å². The van der Waals surface area contributed by atoms with Gasteiger partial charge in [0, 0.05) is 6.42 Å². The van der Waals surface area contributed by atoms with Gasteiger partial charge in [-0.05, 0) is 72.7 Å². The Hall–Kier alpha value is -3.25. The van der Waals surface area contributed by atoms with E-state index in [1.165, 1.54) is 0 Å². The van der Waals surface area contributed by atoms with Crippen LogP contribution in [-0.4, -0.2) is 55.0 Å². The number of imidazole rings is 1. The van der Waals surface area contributed by atoms with Crippen LogP contribution in [0.3, 0.4) is 0 Å². The van der Waals surface area contributed by atoms with Crippen LogP contribution in [0.1, 0.15) is 54.2 Å². The van der Waals surface area contributed by atoms with Crippen LogP contribution in [0.25, 0.3) is 11.2 Å². The molecular weight excluding hydrogens is 688 g/mol. The largest absolute Gasteiger partial charge is 0.414 e. The zero-order chi connectivity index (χ0) is 36.7. The summed E-state index contributed by atoms with van der Waals surface area (Å²) in [6.45, 7) is 23.3. The Morgan fingerprint density at radius 1 is 0.725 bits per heavy atom. The Balaban J connectivity index is 1.39. The number of benzene rings is 3. The number of rotatable bonds is 11. The third kappa shape index (κ3) is 7.50. The fourth-order valence-electron chi connectivity index (χ4n) is 5.96. The van der Waals surface area contributed by atoms with Gasteiger partial charge in [-0.15, -0.1) is 0 Å². The van der Waals surface area contributed by atoms with Gasteiger partial charge in [0.25, 0.3) is 13.4 Å². The van der Waals surface area contributed by atoms with Gasteiger partial charge in [-0.25, -0.2) is 9.97 Å². The Labute approximate surface area is 306 Å². The van der Waals surface area contributed by atoms with Crippen molar-refractivity contribution in [3.63, 3.8) is 0 Å². The number of nitrogens with zero attached hydrogens (tertiary/aromatic N) is 4. The maximum Gasteiger partial charge on any atom is 0.297 e. The molecule has 11 heteroatoms. The van der Waals surface area contributed by atoms with Crippen molar-refractivity contribution in [1.29, 1.82) is 0 Å². The second kappa shape index (κ2) is 14.3. The molecule has 6 rings (SSSR count). The molecule has 0 radical (unpaired) electrons. The molecule has 1 aliphatic rings. The van der Waals surface area contributed by atoms with Crippen molar-refractivity contribution in [2.45, 2.75) is 103 Å². The molecule has 3 heterocycles. The summed E-state index contributed by atoms with van der Waals surface area (Å²) in [6.07, 6.45) is 3.37. The lowest BCUT2D eigenvalue weighted by atomic mass is 10.2. The van der Waals surface area contributed by atoms with Gasteiger partial charge in [0.15, 0.2) is 27.8 Å². The molecule has 0 bridgehead atoms. The molecule has 8 nitrogen and oxygen atoms in total. The summed E-state index contributed by atoms with van der Waals surface area (Å²) in [4.78, 5) is 14.4. The predicted molar refractivity (Wildman–Crippen MR) is 215 cm³/mol. The molecule has 3 atom stereocenters. The van der Waals surface area contributed by atoms with Crippen LogP contribution in [0.15, 0.2) is 104 Å². The lowest BCUT2D eigenvalue weighted by molar-refractivity contribution is -0.0383. The van der Waals surface area contributed by atoms with Crippen molar-refractivity contribution in [3.8, 4) is 5.88 Å². The van der Waals surface area contributed by atoms with Gasteiger partial charge in [-0.1, -0.05) is 96.1 Å². The van der Waals surface area contributed by atoms with E-state index in [1.54, 1.807) is 6.33 Å². The van der Waals surface area contributed by atoms with Crippen molar-refractivity contribution in [3.05, 3.63) is 104 Å². The van der Waals surface area contributed by atoms with Crippen molar-refractivity contribution >= 4 is 51.2 Å². The van der Waals surface area contributed by atoms with Crippen molar-refractivity contribution < 1.29 is 18.1 Å². The minimum absolute atomic E-state index is 0.0585. The predicted octanol–water partition coefficient (Wildman–Crippen LogP) is 8.81. The summed E-state index contributed by atoms with van der Waals surface area (Å²) >= 11 is 0. The van der Waals surface area contributed by atoms with Gasteiger partial charge >= 0.3 is 0 Å². The fraction of sp³-hybridized carbons (Fsp3) is 0.425. The van der Waals surface area contributed by atoms with Gasteiger partial charge in [0.05, 0.1) is 19.0 Å². The molecule has 0 saturated carbocycles. The first-order valence-corrected chi connectivity index (χ1v) is 25.5. The third-order valence-electron chi connectivity index (χ3n) is 11.1. The van der Waals surface area contributed by atoms with Gasteiger partial charge in [-0.2, -0.15) is 4.98 Å². The summed E-state index contributed by atoms with van der Waals surface area (Å²) in [7, 11) is -6.83. The van der Waals surface area contributed by atoms with Crippen LogP contribution < -0.4 is 20.4 Å². The molecule has 0 amide bonds. The van der Waals surface area contributed by atoms with E-state index in [4.69, 9.17) is 33.1 Å². The quantitative estimate of drug-likeness (QED) is 0.0989. The monoisotopic (exact) mass is 741 g/mol. The van der Waals surface area contributed by atoms with Gasteiger partial charge in [0.2, 0.25) is 0 Å². The van der Waals surface area contributed by atoms with Gasteiger partial charge < -0.3 is 18.1 Å². The molecule has 1 fully saturated rings. The zero-order valence-electron chi connectivity index (χ0n) is 31.8. The minimum atomic E-state index is -2.69. The van der Waals surface area contributed by atoms with E-state index in [1.807, 2.05) is 29.1 Å². The Morgan fingerprint density at radius 2 is 1.24 bits per heavy atom. The molecule has 51 heavy (non-hydrogen) atoms. The average molecular weight is 742 g/mol. The summed E-state index contributed by atoms with van der Waals surface area (Å²) < 4.78 is 30.0. The SMILES string of the molecule is CC(C)(C)[Si](C)(C)OC[C@H]1O[C@@H](n2cnc3c(O[P+](c4ccccc4)(c4ccccc4)c4ccccc4)ncnc32)C[C@@H]1O[Si](C)(C)C(C)(C)C. The van der Waals surface area contributed by atoms with Crippen molar-refractivity contribution in [2.75, 3.05) is 6.61 Å². The lowest BCUT2D eigenvalue weighted by Crippen LogP contribution is -2.48. The topological polar surface area (TPSA) is 80.5 Å². The molecule has 5 aromatic rings. The number of ether oxygens (including phenoxy) is 1. The number of fused-ring (bicyclic) bond motifs is 1. The molecule has 2 aromatic heterocycles. The van der Waals surface area contributed by atoms with E-state index < -0.39 is 24.1 Å². The third-order valence-corrected chi connectivity index (χ3v) is 23.6. The maximum atomic E-state index is 7.31. The van der Waals surface area contributed by atoms with Crippen LogP contribution >= 0.6 is 7.49 Å². The minimum Gasteiger partial charge on any atom is -0.414 e. The zero-order valence-corrected chi connectivity index (χ0v) is 34.7. The number of aromatic nitrogens is 4. The fourth-order valence-corrected chi connectivity index (χ4v) is 11.7. The van der Waals surface area contributed by atoms with Crippen LogP contribution in [-0.2, 0) is 13.6 Å². The summed E-state index contributed by atoms with van der Waals surface area (Å²) in [5.41, 5.74) is 1.26. The molecule has 0 spiro atoms. The highest BCUT2D eigenvalue weighted by Crippen LogP contribution is 2.56. The molecular formula is C40H54N4O4PSi2+. The highest BCUT2D eigenvalue weighted by Gasteiger charge is 2.51. The van der Waals surface area contributed by atoms with Crippen LogP contribution in [0.2, 0.25) is 36.3 Å². The summed E-state index contributed by atoms with van der Waals surface area (Å²) in [6, 6.07) is 31.4. The van der Waals surface area contributed by atoms with Crippen molar-refractivity contribution in [2.24, 2.45) is 0 Å². The first-order chi connectivity index (χ1) is 24.0. The smallest absolute Gasteiger partial charge is 0.297 e. The molecule has 1 saturated heterocycles. The van der Waals surface area contributed by atoms with Crippen LogP contribution in [0, 0.1) is 0 Å². The first-order valence-electron chi connectivity index (χ1n) is 17.9. The van der Waals surface area contributed by atoms with Crippen molar-refractivity contribution in [1.82, 2.24) is 19.5 Å². The molecule has 0 unspecified atom stereocenters. The van der Waals surface area contributed by atoms with E-state index >= 15 is 0 Å². The molecule has 270 valence electrons. The van der Waals surface area contributed by atoms with E-state index in [-0.39, 0.29) is 28.5 Å². The maximum absolute atomic E-state index is 7.31. The normalized spacial score (nSPS) is 19.1. The Bertz CT molecular complexity index is 1810. The van der Waals surface area contributed by atoms with Crippen LogP contribution in [0.4, 0.5) is 0 Å². The van der Waals surface area contributed by atoms with E-state index in [2.05, 4.69) is 141 Å². The van der Waals surface area contributed by atoms with Crippen LogP contribution in [0.5, 0.6) is 5.88 Å². The first kappa shape index (κ1) is 37.5. The number of hydrogen-bond acceptors (Lipinski definition) is 7. The van der Waals surface area contributed by atoms with Gasteiger partial charge in [0.1, 0.15) is 34.6 Å². The molecule has 1 aliphatic heterocycles. The average Bonchev–Trinajstić information content (AvgIpc) is 3.70. The second-order valence-corrected chi connectivity index (χ2v) is 29.1. The lowest BCUT2D eigenvalue weighted by Gasteiger charge is -2.40. The van der Waals surface area contributed by atoms with E-state index in [0.29, 0.717) is 30.1 Å². The standard InChI is InChI=1S/C40H54N4O4PSi2/c1-39(2,3)50(7,8)45-27-34-33(48-51(9,10)40(4,5)6)26-35(46-34)44-29-43-36-37(44)41-28-42-38(36)47-49(30-20-14-11-15-21-30,31-22-16-12-17-23-31)32-24-18-13-19-25-32/h11-25,28-29,33-35H,26-27H2,1-10H3/q+1/t33-,34+,35+/m0/s1. The molecule has 0 N–H and O–H groups in total. The summed E-state index contributed by atoms with van der Waals surface area (Å²) in [5, 5.41) is 3.41. The highest BCUT2D eigenvalue weighted by atomic mass is 31.2. The number of hydrogen-bond donors (Lipinski definition) is 0.